The second kappa shape index (κ2) is 2.64. The fourth-order valence-electron chi connectivity index (χ4n) is 1.08. The van der Waals surface area contributed by atoms with Crippen molar-refractivity contribution in [2.75, 3.05) is 20.1 Å². The van der Waals surface area contributed by atoms with Gasteiger partial charge in [-0.15, -0.1) is 0 Å². The van der Waals surface area contributed by atoms with Crippen LogP contribution in [0.4, 0.5) is 0 Å². The quantitative estimate of drug-likeness (QED) is 0.445. The largest absolute Gasteiger partial charge is 0.390 e. The predicted molar refractivity (Wildman–Crippen MR) is 34.1 cm³/mol. The van der Waals surface area contributed by atoms with E-state index < -0.39 is 12.2 Å². The van der Waals surface area contributed by atoms with Gasteiger partial charge in [0.1, 0.15) is 0 Å². The van der Waals surface area contributed by atoms with Gasteiger partial charge < -0.3 is 15.1 Å². The van der Waals surface area contributed by atoms with Crippen LogP contribution in [0.1, 0.15) is 6.42 Å². The Hall–Kier alpha value is -0.120. The van der Waals surface area contributed by atoms with Crippen LogP contribution in [0.3, 0.4) is 0 Å². The molecule has 0 radical (unpaired) electrons. The molecule has 0 aromatic heterocycles. The summed E-state index contributed by atoms with van der Waals surface area (Å²) in [5.74, 6) is 0. The lowest BCUT2D eigenvalue weighted by Crippen LogP contribution is -2.44. The van der Waals surface area contributed by atoms with Crippen LogP contribution in [0.5, 0.6) is 0 Å². The number of rotatable bonds is 0. The third kappa shape index (κ3) is 1.64. The molecule has 1 heterocycles. The van der Waals surface area contributed by atoms with Crippen molar-refractivity contribution >= 4 is 0 Å². The lowest BCUT2D eigenvalue weighted by molar-refractivity contribution is -0.0318. The molecule has 1 rings (SSSR count). The number of piperidine rings is 1. The summed E-state index contributed by atoms with van der Waals surface area (Å²) in [4.78, 5) is 2.01. The Morgan fingerprint density at radius 1 is 1.33 bits per heavy atom. The van der Waals surface area contributed by atoms with E-state index in [1.54, 1.807) is 0 Å². The summed E-state index contributed by atoms with van der Waals surface area (Å²) >= 11 is 0. The zero-order valence-corrected chi connectivity index (χ0v) is 5.62. The van der Waals surface area contributed by atoms with Crippen LogP contribution in [-0.2, 0) is 0 Å². The van der Waals surface area contributed by atoms with Crippen molar-refractivity contribution in [3.63, 3.8) is 0 Å². The minimum absolute atomic E-state index is 0.499. The maximum atomic E-state index is 9.06. The molecular formula is C6H13NO2. The highest BCUT2D eigenvalue weighted by Crippen LogP contribution is 2.07. The summed E-state index contributed by atoms with van der Waals surface area (Å²) in [7, 11) is 1.94. The van der Waals surface area contributed by atoms with E-state index >= 15 is 0 Å². The highest BCUT2D eigenvalue weighted by atomic mass is 16.3. The number of aliphatic hydroxyl groups excluding tert-OH is 2. The molecule has 0 aliphatic carbocycles. The van der Waals surface area contributed by atoms with Crippen LogP contribution in [0, 0.1) is 0 Å². The molecule has 0 amide bonds. The summed E-state index contributed by atoms with van der Waals surface area (Å²) in [5, 5.41) is 18.1. The third-order valence-corrected chi connectivity index (χ3v) is 1.75. The van der Waals surface area contributed by atoms with E-state index in [1.165, 1.54) is 0 Å². The standard InChI is InChI=1S/C6H13NO2/c1-7-3-2-5(8)6(9)4-7/h5-6,8-9H,2-4H2,1H3/t5-,6+/m1/s1. The van der Waals surface area contributed by atoms with Gasteiger partial charge in [-0.1, -0.05) is 0 Å². The molecule has 3 heteroatoms. The Labute approximate surface area is 54.9 Å². The highest BCUT2D eigenvalue weighted by molar-refractivity contribution is 4.76. The molecular weight excluding hydrogens is 118 g/mol. The first-order valence-electron chi connectivity index (χ1n) is 3.25. The van der Waals surface area contributed by atoms with Crippen molar-refractivity contribution in [2.24, 2.45) is 0 Å². The molecule has 0 saturated carbocycles. The summed E-state index contributed by atoms with van der Waals surface area (Å²) in [6.07, 6.45) is -0.345. The van der Waals surface area contributed by atoms with Gasteiger partial charge in [0, 0.05) is 13.1 Å². The van der Waals surface area contributed by atoms with Crippen LogP contribution in [0.25, 0.3) is 0 Å². The zero-order valence-electron chi connectivity index (χ0n) is 5.62. The van der Waals surface area contributed by atoms with Gasteiger partial charge in [-0.25, -0.2) is 0 Å². The lowest BCUT2D eigenvalue weighted by atomic mass is 10.1. The Balaban J connectivity index is 2.35. The van der Waals surface area contributed by atoms with Gasteiger partial charge >= 0.3 is 0 Å². The fraction of sp³-hybridized carbons (Fsp3) is 1.00. The second-order valence-electron chi connectivity index (χ2n) is 2.69. The minimum atomic E-state index is -0.538. The average molecular weight is 131 g/mol. The Morgan fingerprint density at radius 2 is 2.00 bits per heavy atom. The van der Waals surface area contributed by atoms with Crippen molar-refractivity contribution in [1.29, 1.82) is 0 Å². The van der Waals surface area contributed by atoms with Gasteiger partial charge in [-0.05, 0) is 13.5 Å². The first-order valence-corrected chi connectivity index (χ1v) is 3.25. The molecule has 2 N–H and O–H groups in total. The van der Waals surface area contributed by atoms with Crippen LogP contribution in [0.2, 0.25) is 0 Å². The average Bonchev–Trinajstić information content (AvgIpc) is 1.80. The summed E-state index contributed by atoms with van der Waals surface area (Å²) in [5.41, 5.74) is 0. The van der Waals surface area contributed by atoms with Gasteiger partial charge in [-0.2, -0.15) is 0 Å². The van der Waals surface area contributed by atoms with Crippen molar-refractivity contribution in [1.82, 2.24) is 4.90 Å². The zero-order chi connectivity index (χ0) is 6.85. The molecule has 3 nitrogen and oxygen atoms in total. The molecule has 0 aromatic carbocycles. The monoisotopic (exact) mass is 131 g/mol. The molecule has 54 valence electrons. The summed E-state index contributed by atoms with van der Waals surface area (Å²) in [6, 6.07) is 0. The molecule has 0 spiro atoms. The minimum Gasteiger partial charge on any atom is -0.390 e. The van der Waals surface area contributed by atoms with Crippen molar-refractivity contribution in [2.45, 2.75) is 18.6 Å². The molecule has 1 aliphatic heterocycles. The molecule has 1 aliphatic rings. The third-order valence-electron chi connectivity index (χ3n) is 1.75. The lowest BCUT2D eigenvalue weighted by Gasteiger charge is -2.30. The van der Waals surface area contributed by atoms with Crippen LogP contribution in [0.15, 0.2) is 0 Å². The van der Waals surface area contributed by atoms with E-state index in [1.807, 2.05) is 11.9 Å². The normalized spacial score (nSPS) is 39.0. The predicted octanol–water partition coefficient (Wildman–Crippen LogP) is -0.956. The molecule has 0 aromatic rings. The van der Waals surface area contributed by atoms with Crippen molar-refractivity contribution in [3.8, 4) is 0 Å². The number of nitrogens with zero attached hydrogens (tertiary/aromatic N) is 1. The SMILES string of the molecule is CN1CC[C@@H](O)[C@@H](O)C1. The second-order valence-corrected chi connectivity index (χ2v) is 2.69. The van der Waals surface area contributed by atoms with E-state index in [4.69, 9.17) is 10.2 Å². The fourth-order valence-corrected chi connectivity index (χ4v) is 1.08. The van der Waals surface area contributed by atoms with E-state index in [0.717, 1.165) is 6.54 Å². The van der Waals surface area contributed by atoms with E-state index in [9.17, 15) is 0 Å². The van der Waals surface area contributed by atoms with Crippen molar-refractivity contribution in [3.05, 3.63) is 0 Å². The number of likely N-dealkylation sites (tertiary alicyclic amines) is 1. The number of hydrogen-bond donors (Lipinski definition) is 2. The summed E-state index contributed by atoms with van der Waals surface area (Å²) < 4.78 is 0. The van der Waals surface area contributed by atoms with Crippen LogP contribution in [-0.4, -0.2) is 47.5 Å². The summed E-state index contributed by atoms with van der Waals surface area (Å²) in [6.45, 7) is 1.49. The van der Waals surface area contributed by atoms with E-state index in [-0.39, 0.29) is 0 Å². The number of aliphatic hydroxyl groups is 2. The van der Waals surface area contributed by atoms with Gasteiger partial charge in [0.25, 0.3) is 0 Å². The molecule has 1 fully saturated rings. The first kappa shape index (κ1) is 6.99. The molecule has 1 saturated heterocycles. The van der Waals surface area contributed by atoms with E-state index in [0.29, 0.717) is 13.0 Å². The number of hydrogen-bond acceptors (Lipinski definition) is 3. The molecule has 2 atom stereocenters. The maximum Gasteiger partial charge on any atom is 0.0925 e. The van der Waals surface area contributed by atoms with Crippen LogP contribution >= 0.6 is 0 Å². The Bertz CT molecular complexity index is 97.1. The Morgan fingerprint density at radius 3 is 2.44 bits per heavy atom. The molecule has 0 unspecified atom stereocenters. The van der Waals surface area contributed by atoms with Crippen LogP contribution < -0.4 is 0 Å². The van der Waals surface area contributed by atoms with Gasteiger partial charge in [-0.3, -0.25) is 0 Å². The Kier molecular flexibility index (Phi) is 2.05. The number of β-amino-alcohol motifs (C(OH)–C–C–N with tert-alkyl or cyclic N) is 1. The van der Waals surface area contributed by atoms with Gasteiger partial charge in [0.05, 0.1) is 12.2 Å². The molecule has 9 heavy (non-hydrogen) atoms. The molecule has 0 bridgehead atoms. The highest BCUT2D eigenvalue weighted by Gasteiger charge is 2.22. The van der Waals surface area contributed by atoms with Gasteiger partial charge in [0.15, 0.2) is 0 Å². The van der Waals surface area contributed by atoms with Gasteiger partial charge in [0.2, 0.25) is 0 Å². The first-order chi connectivity index (χ1) is 4.20. The maximum absolute atomic E-state index is 9.06. The number of likely N-dealkylation sites (N-methyl/N-ethyl adjacent to an activating group) is 1. The smallest absolute Gasteiger partial charge is 0.0925 e. The van der Waals surface area contributed by atoms with E-state index in [2.05, 4.69) is 0 Å². The topological polar surface area (TPSA) is 43.7 Å². The van der Waals surface area contributed by atoms with Crippen molar-refractivity contribution < 1.29 is 10.2 Å².